The van der Waals surface area contributed by atoms with E-state index in [1.54, 1.807) is 16.4 Å². The zero-order valence-electron chi connectivity index (χ0n) is 11.8. The third kappa shape index (κ3) is 3.58. The fraction of sp³-hybridized carbons (Fsp3) is 0.571. The zero-order chi connectivity index (χ0) is 14.6. The van der Waals surface area contributed by atoms with Crippen molar-refractivity contribution in [3.8, 4) is 0 Å². The predicted molar refractivity (Wildman–Crippen MR) is 78.1 cm³/mol. The van der Waals surface area contributed by atoms with Crippen LogP contribution in [0.15, 0.2) is 29.2 Å². The number of β-amino-alcohol motifs (C(OH)–C–C–N with tert-alkyl or cyclic N) is 1. The molecule has 1 saturated heterocycles. The molecule has 1 fully saturated rings. The molecule has 5 nitrogen and oxygen atoms in total. The van der Waals surface area contributed by atoms with Crippen LogP contribution in [-0.2, 0) is 10.0 Å². The first-order valence-electron chi connectivity index (χ1n) is 6.94. The average Bonchev–Trinajstić information content (AvgIpc) is 2.66. The van der Waals surface area contributed by atoms with Crippen molar-refractivity contribution in [3.63, 3.8) is 0 Å². The minimum atomic E-state index is -3.40. The van der Waals surface area contributed by atoms with E-state index < -0.39 is 10.0 Å². The summed E-state index contributed by atoms with van der Waals surface area (Å²) in [6.07, 6.45) is 0.797. The molecule has 6 heteroatoms. The Balaban J connectivity index is 2.11. The molecule has 1 aliphatic rings. The monoisotopic (exact) mass is 298 g/mol. The summed E-state index contributed by atoms with van der Waals surface area (Å²) in [7, 11) is -3.40. The highest BCUT2D eigenvalue weighted by molar-refractivity contribution is 7.89. The second-order valence-corrected chi connectivity index (χ2v) is 7.07. The van der Waals surface area contributed by atoms with Gasteiger partial charge < -0.3 is 5.11 Å². The molecule has 1 aliphatic heterocycles. The van der Waals surface area contributed by atoms with Gasteiger partial charge in [-0.1, -0.05) is 17.7 Å². The number of benzene rings is 1. The third-order valence-electron chi connectivity index (χ3n) is 3.62. The first-order chi connectivity index (χ1) is 9.54. The van der Waals surface area contributed by atoms with Crippen molar-refractivity contribution in [1.29, 1.82) is 0 Å². The summed E-state index contributed by atoms with van der Waals surface area (Å²) in [4.78, 5) is 2.46. The van der Waals surface area contributed by atoms with Crippen LogP contribution in [-0.4, -0.2) is 62.1 Å². The van der Waals surface area contributed by atoms with Gasteiger partial charge in [-0.15, -0.1) is 0 Å². The lowest BCUT2D eigenvalue weighted by atomic mass is 10.2. The SMILES string of the molecule is Cc1ccc(S(=O)(=O)N2CCCN(CCO)CC2)cc1. The minimum absolute atomic E-state index is 0.116. The highest BCUT2D eigenvalue weighted by atomic mass is 32.2. The van der Waals surface area contributed by atoms with Gasteiger partial charge in [0.05, 0.1) is 11.5 Å². The van der Waals surface area contributed by atoms with Crippen LogP contribution in [0.2, 0.25) is 0 Å². The Labute approximate surface area is 120 Å². The quantitative estimate of drug-likeness (QED) is 0.888. The smallest absolute Gasteiger partial charge is 0.243 e. The summed E-state index contributed by atoms with van der Waals surface area (Å²) in [5.74, 6) is 0. The molecule has 0 saturated carbocycles. The van der Waals surface area contributed by atoms with Gasteiger partial charge in [0.2, 0.25) is 10.0 Å². The van der Waals surface area contributed by atoms with E-state index in [4.69, 9.17) is 5.11 Å². The summed E-state index contributed by atoms with van der Waals surface area (Å²) in [6.45, 7) is 5.19. The van der Waals surface area contributed by atoms with Crippen LogP contribution in [0.4, 0.5) is 0 Å². The van der Waals surface area contributed by atoms with Crippen LogP contribution in [0.5, 0.6) is 0 Å². The molecular weight excluding hydrogens is 276 g/mol. The zero-order valence-corrected chi connectivity index (χ0v) is 12.6. The van der Waals surface area contributed by atoms with Crippen LogP contribution < -0.4 is 0 Å². The molecule has 0 atom stereocenters. The van der Waals surface area contributed by atoms with Gasteiger partial charge in [0, 0.05) is 26.2 Å². The molecule has 112 valence electrons. The molecular formula is C14H22N2O3S. The van der Waals surface area contributed by atoms with E-state index in [0.717, 1.165) is 18.5 Å². The normalized spacial score (nSPS) is 18.9. The topological polar surface area (TPSA) is 60.9 Å². The van der Waals surface area contributed by atoms with Crippen LogP contribution in [0.1, 0.15) is 12.0 Å². The number of aliphatic hydroxyl groups is 1. The number of aliphatic hydroxyl groups excluding tert-OH is 1. The Morgan fingerprint density at radius 2 is 1.80 bits per heavy atom. The fourth-order valence-electron chi connectivity index (χ4n) is 2.41. The lowest BCUT2D eigenvalue weighted by molar-refractivity contribution is 0.202. The van der Waals surface area contributed by atoms with Crippen molar-refractivity contribution in [2.45, 2.75) is 18.2 Å². The van der Waals surface area contributed by atoms with Gasteiger partial charge >= 0.3 is 0 Å². The summed E-state index contributed by atoms with van der Waals surface area (Å²) in [5.41, 5.74) is 1.05. The van der Waals surface area contributed by atoms with E-state index in [9.17, 15) is 8.42 Å². The van der Waals surface area contributed by atoms with Gasteiger partial charge in [0.15, 0.2) is 0 Å². The number of hydrogen-bond donors (Lipinski definition) is 1. The third-order valence-corrected chi connectivity index (χ3v) is 5.54. The largest absolute Gasteiger partial charge is 0.395 e. The Morgan fingerprint density at radius 1 is 1.10 bits per heavy atom. The van der Waals surface area contributed by atoms with Crippen LogP contribution in [0.25, 0.3) is 0 Å². The van der Waals surface area contributed by atoms with Gasteiger partial charge in [-0.3, -0.25) is 4.90 Å². The summed E-state index contributed by atoms with van der Waals surface area (Å²) >= 11 is 0. The predicted octanol–water partition coefficient (Wildman–Crippen LogP) is 0.684. The van der Waals surface area contributed by atoms with Gasteiger partial charge in [0.1, 0.15) is 0 Å². The van der Waals surface area contributed by atoms with Crippen molar-refractivity contribution in [2.24, 2.45) is 0 Å². The Morgan fingerprint density at radius 3 is 2.45 bits per heavy atom. The molecule has 0 spiro atoms. The molecule has 0 unspecified atom stereocenters. The summed E-state index contributed by atoms with van der Waals surface area (Å²) in [6, 6.07) is 6.98. The van der Waals surface area contributed by atoms with Crippen molar-refractivity contribution in [3.05, 3.63) is 29.8 Å². The maximum Gasteiger partial charge on any atom is 0.243 e. The molecule has 1 aromatic rings. The molecule has 1 aromatic carbocycles. The minimum Gasteiger partial charge on any atom is -0.395 e. The highest BCUT2D eigenvalue weighted by Crippen LogP contribution is 2.18. The maximum absolute atomic E-state index is 12.6. The maximum atomic E-state index is 12.6. The number of aryl methyl sites for hydroxylation is 1. The molecule has 1 N–H and O–H groups in total. The first-order valence-corrected chi connectivity index (χ1v) is 8.38. The lowest BCUT2D eigenvalue weighted by Gasteiger charge is -2.21. The van der Waals surface area contributed by atoms with E-state index in [0.29, 0.717) is 31.1 Å². The molecule has 2 rings (SSSR count). The van der Waals surface area contributed by atoms with Gasteiger partial charge in [0.25, 0.3) is 0 Å². The lowest BCUT2D eigenvalue weighted by Crippen LogP contribution is -2.35. The van der Waals surface area contributed by atoms with Crippen LogP contribution in [0.3, 0.4) is 0 Å². The van der Waals surface area contributed by atoms with Crippen molar-refractivity contribution >= 4 is 10.0 Å². The molecule has 20 heavy (non-hydrogen) atoms. The molecule has 0 radical (unpaired) electrons. The second-order valence-electron chi connectivity index (χ2n) is 5.14. The Kier molecular flexibility index (Phi) is 5.15. The number of nitrogens with zero attached hydrogens (tertiary/aromatic N) is 2. The van der Waals surface area contributed by atoms with Gasteiger partial charge in [-0.05, 0) is 32.0 Å². The average molecular weight is 298 g/mol. The molecule has 1 heterocycles. The molecule has 0 bridgehead atoms. The summed E-state index contributed by atoms with van der Waals surface area (Å²) < 4.78 is 26.7. The molecule has 0 aromatic heterocycles. The van der Waals surface area contributed by atoms with Crippen LogP contribution >= 0.6 is 0 Å². The van der Waals surface area contributed by atoms with Crippen LogP contribution in [0, 0.1) is 6.92 Å². The van der Waals surface area contributed by atoms with Gasteiger partial charge in [-0.2, -0.15) is 4.31 Å². The van der Waals surface area contributed by atoms with Crippen molar-refractivity contribution < 1.29 is 13.5 Å². The Bertz CT molecular complexity index is 528. The molecule has 0 amide bonds. The standard InChI is InChI=1S/C14H22N2O3S/c1-13-3-5-14(6-4-13)20(18,19)16-8-2-7-15(9-10-16)11-12-17/h3-6,17H,2,7-12H2,1H3. The summed E-state index contributed by atoms with van der Waals surface area (Å²) in [5, 5.41) is 8.97. The first kappa shape index (κ1) is 15.4. The van der Waals surface area contributed by atoms with E-state index in [1.807, 2.05) is 19.1 Å². The molecule has 0 aliphatic carbocycles. The number of sulfonamides is 1. The van der Waals surface area contributed by atoms with Crippen molar-refractivity contribution in [1.82, 2.24) is 9.21 Å². The second kappa shape index (κ2) is 6.67. The van der Waals surface area contributed by atoms with E-state index in [2.05, 4.69) is 4.90 Å². The fourth-order valence-corrected chi connectivity index (χ4v) is 3.88. The Hall–Kier alpha value is -0.950. The van der Waals surface area contributed by atoms with E-state index in [1.165, 1.54) is 0 Å². The number of hydrogen-bond acceptors (Lipinski definition) is 4. The van der Waals surface area contributed by atoms with E-state index in [-0.39, 0.29) is 6.61 Å². The van der Waals surface area contributed by atoms with E-state index >= 15 is 0 Å². The van der Waals surface area contributed by atoms with Gasteiger partial charge in [-0.25, -0.2) is 8.42 Å². The highest BCUT2D eigenvalue weighted by Gasteiger charge is 2.26. The number of rotatable bonds is 4. The van der Waals surface area contributed by atoms with Crippen molar-refractivity contribution in [2.75, 3.05) is 39.3 Å².